The van der Waals surface area contributed by atoms with Crippen molar-refractivity contribution in [3.05, 3.63) is 91.2 Å². The number of hydrogen-bond donors (Lipinski definition) is 0. The zero-order chi connectivity index (χ0) is 22.4. The highest BCUT2D eigenvalue weighted by molar-refractivity contribution is 7.14. The molecule has 7 heteroatoms. The van der Waals surface area contributed by atoms with E-state index in [0.717, 1.165) is 23.1 Å². The van der Waals surface area contributed by atoms with Crippen LogP contribution in [-0.4, -0.2) is 17.8 Å². The highest BCUT2D eigenvalue weighted by Crippen LogP contribution is 2.30. The van der Waals surface area contributed by atoms with Crippen LogP contribution in [-0.2, 0) is 13.0 Å². The minimum Gasteiger partial charge on any atom is -0.496 e. The molecule has 1 heterocycles. The molecule has 2 aromatic carbocycles. The van der Waals surface area contributed by atoms with E-state index in [1.165, 1.54) is 22.3 Å². The predicted molar refractivity (Wildman–Crippen MR) is 122 cm³/mol. The number of allylic oxidation sites excluding steroid dienone is 1. The predicted octanol–water partition coefficient (Wildman–Crippen LogP) is 6.01. The van der Waals surface area contributed by atoms with Crippen LogP contribution in [0.4, 0.5) is 5.69 Å². The third-order valence-corrected chi connectivity index (χ3v) is 5.92. The van der Waals surface area contributed by atoms with Gasteiger partial charge in [-0.15, -0.1) is 11.3 Å². The molecule has 0 fully saturated rings. The minimum atomic E-state index is -0.467. The highest BCUT2D eigenvalue weighted by atomic mass is 32.1. The third-order valence-electron chi connectivity index (χ3n) is 4.68. The normalized spacial score (nSPS) is 10.9. The van der Waals surface area contributed by atoms with Crippen LogP contribution in [0.25, 0.3) is 6.08 Å². The van der Waals surface area contributed by atoms with E-state index in [0.29, 0.717) is 10.6 Å². The maximum Gasteiger partial charge on any atom is 0.310 e. The number of aryl methyl sites for hydroxylation is 2. The number of nitrogens with zero attached hydrogens (tertiary/aromatic N) is 1. The molecule has 0 aliphatic heterocycles. The van der Waals surface area contributed by atoms with Gasteiger partial charge in [-0.1, -0.05) is 25.1 Å². The fourth-order valence-electron chi connectivity index (χ4n) is 3.01. The molecular formula is C24H23NO5S. The van der Waals surface area contributed by atoms with Crippen molar-refractivity contribution in [2.45, 2.75) is 26.9 Å². The topological polar surface area (TPSA) is 78.7 Å². The maximum absolute atomic E-state index is 12.4. The monoisotopic (exact) mass is 437 g/mol. The summed E-state index contributed by atoms with van der Waals surface area (Å²) in [5.41, 5.74) is 2.30. The van der Waals surface area contributed by atoms with Crippen molar-refractivity contribution < 1.29 is 19.2 Å². The van der Waals surface area contributed by atoms with Crippen molar-refractivity contribution in [3.63, 3.8) is 0 Å². The summed E-state index contributed by atoms with van der Waals surface area (Å²) >= 11 is 1.50. The molecule has 0 radical (unpaired) electrons. The molecule has 0 unspecified atom stereocenters. The highest BCUT2D eigenvalue weighted by Gasteiger charge is 2.16. The van der Waals surface area contributed by atoms with Gasteiger partial charge in [-0.05, 0) is 60.9 Å². The number of ketones is 1. The Labute approximate surface area is 184 Å². The summed E-state index contributed by atoms with van der Waals surface area (Å²) < 4.78 is 11.2. The number of thiophene rings is 1. The molecule has 0 aliphatic carbocycles. The minimum absolute atomic E-state index is 0.0475. The molecular weight excluding hydrogens is 414 g/mol. The van der Waals surface area contributed by atoms with Crippen LogP contribution in [0.2, 0.25) is 0 Å². The van der Waals surface area contributed by atoms with Crippen LogP contribution in [0.3, 0.4) is 0 Å². The number of benzene rings is 2. The van der Waals surface area contributed by atoms with Crippen molar-refractivity contribution in [1.82, 2.24) is 0 Å². The Morgan fingerprint density at radius 1 is 1.13 bits per heavy atom. The summed E-state index contributed by atoms with van der Waals surface area (Å²) in [6.07, 6.45) is 4.19. The van der Waals surface area contributed by atoms with Gasteiger partial charge in [0.1, 0.15) is 12.4 Å². The summed E-state index contributed by atoms with van der Waals surface area (Å²) in [7, 11) is 1.55. The Morgan fingerprint density at radius 3 is 2.61 bits per heavy atom. The molecule has 0 saturated heterocycles. The van der Waals surface area contributed by atoms with Gasteiger partial charge in [0.25, 0.3) is 0 Å². The molecule has 6 nitrogen and oxygen atoms in total. The van der Waals surface area contributed by atoms with Gasteiger partial charge in [-0.25, -0.2) is 0 Å². The first-order valence-electron chi connectivity index (χ1n) is 9.77. The fourth-order valence-corrected chi connectivity index (χ4v) is 3.88. The second-order valence-electron chi connectivity index (χ2n) is 6.91. The zero-order valence-electron chi connectivity index (χ0n) is 17.6. The Balaban J connectivity index is 1.79. The van der Waals surface area contributed by atoms with E-state index in [1.54, 1.807) is 37.5 Å². The number of ether oxygens (including phenoxy) is 2. The van der Waals surface area contributed by atoms with Gasteiger partial charge in [0.15, 0.2) is 11.5 Å². The lowest BCUT2D eigenvalue weighted by molar-refractivity contribution is -0.386. The molecule has 3 aromatic rings. The van der Waals surface area contributed by atoms with Crippen molar-refractivity contribution in [3.8, 4) is 11.5 Å². The van der Waals surface area contributed by atoms with E-state index in [1.807, 2.05) is 31.2 Å². The number of carbonyl (C=O) groups excluding carboxylic acids is 1. The van der Waals surface area contributed by atoms with Crippen LogP contribution in [0.5, 0.6) is 11.5 Å². The van der Waals surface area contributed by atoms with Gasteiger partial charge >= 0.3 is 5.69 Å². The average molecular weight is 438 g/mol. The Kier molecular flexibility index (Phi) is 7.20. The van der Waals surface area contributed by atoms with Crippen LogP contribution in [0.1, 0.15) is 38.2 Å². The summed E-state index contributed by atoms with van der Waals surface area (Å²) in [4.78, 5) is 25.1. The number of rotatable bonds is 9. The Morgan fingerprint density at radius 2 is 1.94 bits per heavy atom. The van der Waals surface area contributed by atoms with Crippen molar-refractivity contribution in [1.29, 1.82) is 0 Å². The van der Waals surface area contributed by atoms with Gasteiger partial charge in [0.2, 0.25) is 0 Å². The first-order chi connectivity index (χ1) is 14.9. The first kappa shape index (κ1) is 22.2. The number of carbonyl (C=O) groups is 1. The van der Waals surface area contributed by atoms with Gasteiger partial charge in [0.05, 0.1) is 16.9 Å². The lowest BCUT2D eigenvalue weighted by Gasteiger charge is -2.12. The molecule has 1 aromatic heterocycles. The summed E-state index contributed by atoms with van der Waals surface area (Å²) in [6, 6.07) is 14.0. The molecule has 31 heavy (non-hydrogen) atoms. The molecule has 0 aliphatic rings. The standard InChI is InChI=1S/C24H23NO5S/c1-4-19-8-12-24(31-19)21(26)10-6-17-7-11-22(29-3)18(14-17)15-30-23-13-16(2)5-9-20(23)25(27)28/h5-14H,4,15H2,1-3H3/b10-6+. The Hall–Kier alpha value is -3.45. The number of nitro benzene ring substituents is 1. The summed E-state index contributed by atoms with van der Waals surface area (Å²) in [5, 5.41) is 11.3. The molecule has 3 rings (SSSR count). The number of hydrogen-bond acceptors (Lipinski definition) is 6. The largest absolute Gasteiger partial charge is 0.496 e. The maximum atomic E-state index is 12.4. The quantitative estimate of drug-likeness (QED) is 0.177. The van der Waals surface area contributed by atoms with Crippen LogP contribution < -0.4 is 9.47 Å². The first-order valence-corrected chi connectivity index (χ1v) is 10.6. The van der Waals surface area contributed by atoms with Gasteiger partial charge in [0, 0.05) is 16.5 Å². The molecule has 0 atom stereocenters. The number of nitro groups is 1. The second-order valence-corrected chi connectivity index (χ2v) is 8.07. The second kappa shape index (κ2) is 10.0. The van der Waals surface area contributed by atoms with E-state index >= 15 is 0 Å². The van der Waals surface area contributed by atoms with Crippen LogP contribution >= 0.6 is 11.3 Å². The smallest absolute Gasteiger partial charge is 0.310 e. The molecule has 160 valence electrons. The molecule has 0 amide bonds. The van der Waals surface area contributed by atoms with Gasteiger partial charge in [-0.3, -0.25) is 14.9 Å². The van der Waals surface area contributed by atoms with E-state index < -0.39 is 4.92 Å². The van der Waals surface area contributed by atoms with Crippen molar-refractivity contribution >= 4 is 28.9 Å². The summed E-state index contributed by atoms with van der Waals surface area (Å²) in [6.45, 7) is 3.99. The molecule has 0 bridgehead atoms. The Bertz CT molecular complexity index is 1130. The lowest BCUT2D eigenvalue weighted by Crippen LogP contribution is -2.02. The number of methoxy groups -OCH3 is 1. The molecule has 0 N–H and O–H groups in total. The van der Waals surface area contributed by atoms with Gasteiger partial charge in [-0.2, -0.15) is 0 Å². The SMILES string of the molecule is CCc1ccc(C(=O)/C=C/c2ccc(OC)c(COc3cc(C)ccc3[N+](=O)[O-])c2)s1. The molecule has 0 spiro atoms. The van der Waals surface area contributed by atoms with Crippen molar-refractivity contribution in [2.24, 2.45) is 0 Å². The van der Waals surface area contributed by atoms with E-state index in [2.05, 4.69) is 6.92 Å². The van der Waals surface area contributed by atoms with E-state index in [-0.39, 0.29) is 23.8 Å². The lowest BCUT2D eigenvalue weighted by atomic mass is 10.1. The fraction of sp³-hybridized carbons (Fsp3) is 0.208. The van der Waals surface area contributed by atoms with Crippen LogP contribution in [0, 0.1) is 17.0 Å². The van der Waals surface area contributed by atoms with Gasteiger partial charge < -0.3 is 9.47 Å². The third kappa shape index (κ3) is 5.58. The van der Waals surface area contributed by atoms with Crippen LogP contribution in [0.15, 0.2) is 54.6 Å². The van der Waals surface area contributed by atoms with E-state index in [9.17, 15) is 14.9 Å². The average Bonchev–Trinajstić information content (AvgIpc) is 3.25. The summed E-state index contributed by atoms with van der Waals surface area (Å²) in [5.74, 6) is 0.755. The van der Waals surface area contributed by atoms with Crippen molar-refractivity contribution in [2.75, 3.05) is 7.11 Å². The zero-order valence-corrected chi connectivity index (χ0v) is 18.4. The van der Waals surface area contributed by atoms with E-state index in [4.69, 9.17) is 9.47 Å². The molecule has 0 saturated carbocycles.